The lowest BCUT2D eigenvalue weighted by Gasteiger charge is -2.11. The summed E-state index contributed by atoms with van der Waals surface area (Å²) in [4.78, 5) is 24.0. The number of rotatable bonds is 5. The van der Waals surface area contributed by atoms with E-state index in [1.165, 1.54) is 22.8 Å². The normalized spacial score (nSPS) is 12.3. The number of aryl methyl sites for hydroxylation is 2. The first-order chi connectivity index (χ1) is 12.2. The van der Waals surface area contributed by atoms with Crippen molar-refractivity contribution in [2.24, 2.45) is 0 Å². The molecule has 0 radical (unpaired) electrons. The van der Waals surface area contributed by atoms with Crippen LogP contribution in [-0.2, 0) is 17.6 Å². The Morgan fingerprint density at radius 3 is 2.64 bits per heavy atom. The van der Waals surface area contributed by atoms with E-state index >= 15 is 0 Å². The standard InChI is InChI=1S/C20H18N2O3/c23-18(10-11-21-20(24)17-5-2-12-25-17)22-16-9-8-14-7-6-13-3-1-4-15(16)19(13)14/h1-5,8-9,12H,6-7,10-11H2,(H,21,24)(H,22,23). The van der Waals surface area contributed by atoms with Crippen molar-refractivity contribution in [3.05, 3.63) is 65.6 Å². The van der Waals surface area contributed by atoms with Crippen LogP contribution in [0, 0.1) is 0 Å². The van der Waals surface area contributed by atoms with E-state index < -0.39 is 0 Å². The van der Waals surface area contributed by atoms with Gasteiger partial charge in [-0.3, -0.25) is 9.59 Å². The first-order valence-electron chi connectivity index (χ1n) is 8.37. The van der Waals surface area contributed by atoms with Gasteiger partial charge >= 0.3 is 0 Å². The molecule has 1 heterocycles. The Balaban J connectivity index is 1.40. The van der Waals surface area contributed by atoms with Crippen molar-refractivity contribution < 1.29 is 14.0 Å². The highest BCUT2D eigenvalue weighted by Gasteiger charge is 2.16. The van der Waals surface area contributed by atoms with Gasteiger partial charge in [-0.2, -0.15) is 0 Å². The van der Waals surface area contributed by atoms with Crippen LogP contribution in [0.25, 0.3) is 10.8 Å². The van der Waals surface area contributed by atoms with Gasteiger partial charge in [0.2, 0.25) is 5.91 Å². The third kappa shape index (κ3) is 3.01. The van der Waals surface area contributed by atoms with E-state index in [1.807, 2.05) is 18.2 Å². The Labute approximate surface area is 145 Å². The Hall–Kier alpha value is -3.08. The van der Waals surface area contributed by atoms with Gasteiger partial charge in [0, 0.05) is 24.0 Å². The third-order valence-electron chi connectivity index (χ3n) is 4.53. The minimum absolute atomic E-state index is 0.126. The lowest BCUT2D eigenvalue weighted by molar-refractivity contribution is -0.116. The predicted octanol–water partition coefficient (Wildman–Crippen LogP) is 3.29. The zero-order valence-electron chi connectivity index (χ0n) is 13.7. The van der Waals surface area contributed by atoms with Crippen LogP contribution in [0.5, 0.6) is 0 Å². The summed E-state index contributed by atoms with van der Waals surface area (Å²) in [6.07, 6.45) is 3.76. The minimum atomic E-state index is -0.317. The van der Waals surface area contributed by atoms with E-state index in [9.17, 15) is 9.59 Å². The fourth-order valence-electron chi connectivity index (χ4n) is 3.35. The second kappa shape index (κ2) is 6.43. The fourth-order valence-corrected chi connectivity index (χ4v) is 3.35. The van der Waals surface area contributed by atoms with Crippen LogP contribution in [0.2, 0.25) is 0 Å². The lowest BCUT2D eigenvalue weighted by atomic mass is 10.0. The van der Waals surface area contributed by atoms with Crippen molar-refractivity contribution in [1.29, 1.82) is 0 Å². The summed E-state index contributed by atoms with van der Waals surface area (Å²) in [5, 5.41) is 7.99. The molecule has 0 spiro atoms. The van der Waals surface area contributed by atoms with Crippen molar-refractivity contribution in [3.8, 4) is 0 Å². The van der Waals surface area contributed by atoms with Gasteiger partial charge in [0.15, 0.2) is 5.76 Å². The number of carbonyl (C=O) groups is 2. The summed E-state index contributed by atoms with van der Waals surface area (Å²) < 4.78 is 5.01. The highest BCUT2D eigenvalue weighted by atomic mass is 16.3. The van der Waals surface area contributed by atoms with Crippen LogP contribution in [0.3, 0.4) is 0 Å². The van der Waals surface area contributed by atoms with Crippen LogP contribution in [-0.4, -0.2) is 18.4 Å². The molecule has 4 rings (SSSR count). The Bertz CT molecular complexity index is 935. The Morgan fingerprint density at radius 1 is 1.00 bits per heavy atom. The number of hydrogen-bond donors (Lipinski definition) is 2. The smallest absolute Gasteiger partial charge is 0.286 e. The monoisotopic (exact) mass is 334 g/mol. The van der Waals surface area contributed by atoms with Gasteiger partial charge in [0.25, 0.3) is 5.91 Å². The quantitative estimate of drug-likeness (QED) is 0.752. The van der Waals surface area contributed by atoms with Crippen molar-refractivity contribution >= 4 is 28.3 Å². The molecule has 0 unspecified atom stereocenters. The predicted molar refractivity (Wildman–Crippen MR) is 95.6 cm³/mol. The van der Waals surface area contributed by atoms with Crippen molar-refractivity contribution in [2.75, 3.05) is 11.9 Å². The molecular weight excluding hydrogens is 316 g/mol. The molecule has 0 aliphatic heterocycles. The van der Waals surface area contributed by atoms with Gasteiger partial charge in [0.1, 0.15) is 0 Å². The van der Waals surface area contributed by atoms with E-state index in [1.54, 1.807) is 12.1 Å². The van der Waals surface area contributed by atoms with Crippen molar-refractivity contribution in [2.45, 2.75) is 19.3 Å². The number of carbonyl (C=O) groups excluding carboxylic acids is 2. The average molecular weight is 334 g/mol. The SMILES string of the molecule is O=C(CCNC(=O)c1ccco1)Nc1ccc2c3c(cccc13)CC2. The van der Waals surface area contributed by atoms with Crippen LogP contribution < -0.4 is 10.6 Å². The molecule has 5 heteroatoms. The summed E-state index contributed by atoms with van der Waals surface area (Å²) in [6.45, 7) is 0.257. The zero-order chi connectivity index (χ0) is 17.2. The van der Waals surface area contributed by atoms with Crippen LogP contribution in [0.4, 0.5) is 5.69 Å². The Kier molecular flexibility index (Phi) is 3.98. The number of amides is 2. The first kappa shape index (κ1) is 15.4. The molecule has 3 aromatic rings. The van der Waals surface area contributed by atoms with Gasteiger partial charge in [-0.05, 0) is 47.6 Å². The highest BCUT2D eigenvalue weighted by Crippen LogP contribution is 2.34. The molecular formula is C20H18N2O3. The molecule has 0 atom stereocenters. The topological polar surface area (TPSA) is 71.3 Å². The summed E-state index contributed by atoms with van der Waals surface area (Å²) >= 11 is 0. The maximum atomic E-state index is 12.2. The van der Waals surface area contributed by atoms with Gasteiger partial charge in [-0.1, -0.05) is 24.3 Å². The molecule has 1 aliphatic rings. The lowest BCUT2D eigenvalue weighted by Crippen LogP contribution is -2.27. The molecule has 2 N–H and O–H groups in total. The maximum absolute atomic E-state index is 12.2. The second-order valence-corrected chi connectivity index (χ2v) is 6.14. The second-order valence-electron chi connectivity index (χ2n) is 6.14. The Morgan fingerprint density at radius 2 is 1.84 bits per heavy atom. The fraction of sp³-hybridized carbons (Fsp3) is 0.200. The molecule has 0 saturated heterocycles. The summed E-state index contributed by atoms with van der Waals surface area (Å²) in [7, 11) is 0. The minimum Gasteiger partial charge on any atom is -0.459 e. The molecule has 0 bridgehead atoms. The van der Waals surface area contributed by atoms with E-state index in [-0.39, 0.29) is 30.5 Å². The summed E-state index contributed by atoms with van der Waals surface area (Å²) in [5.41, 5.74) is 3.51. The molecule has 5 nitrogen and oxygen atoms in total. The highest BCUT2D eigenvalue weighted by molar-refractivity contribution is 6.05. The number of benzene rings is 2. The van der Waals surface area contributed by atoms with Crippen LogP contribution >= 0.6 is 0 Å². The summed E-state index contributed by atoms with van der Waals surface area (Å²) in [6, 6.07) is 13.5. The van der Waals surface area contributed by atoms with E-state index in [0.29, 0.717) is 0 Å². The van der Waals surface area contributed by atoms with E-state index in [2.05, 4.69) is 22.8 Å². The molecule has 0 saturated carbocycles. The number of furan rings is 1. The molecule has 1 aromatic heterocycles. The van der Waals surface area contributed by atoms with Crippen molar-refractivity contribution in [1.82, 2.24) is 5.32 Å². The molecule has 2 aromatic carbocycles. The molecule has 1 aliphatic carbocycles. The van der Waals surface area contributed by atoms with Gasteiger partial charge < -0.3 is 15.1 Å². The number of hydrogen-bond acceptors (Lipinski definition) is 3. The molecule has 25 heavy (non-hydrogen) atoms. The van der Waals surface area contributed by atoms with Crippen LogP contribution in [0.15, 0.2) is 53.1 Å². The maximum Gasteiger partial charge on any atom is 0.286 e. The average Bonchev–Trinajstić information content (AvgIpc) is 3.28. The zero-order valence-corrected chi connectivity index (χ0v) is 13.7. The number of nitrogens with one attached hydrogen (secondary N) is 2. The number of anilines is 1. The van der Waals surface area contributed by atoms with Crippen molar-refractivity contribution in [3.63, 3.8) is 0 Å². The van der Waals surface area contributed by atoms with E-state index in [0.717, 1.165) is 23.9 Å². The molecule has 126 valence electrons. The van der Waals surface area contributed by atoms with E-state index in [4.69, 9.17) is 4.42 Å². The van der Waals surface area contributed by atoms with Gasteiger partial charge in [-0.15, -0.1) is 0 Å². The van der Waals surface area contributed by atoms with Crippen LogP contribution in [0.1, 0.15) is 28.1 Å². The largest absolute Gasteiger partial charge is 0.459 e. The molecule has 0 fully saturated rings. The van der Waals surface area contributed by atoms with Gasteiger partial charge in [-0.25, -0.2) is 0 Å². The van der Waals surface area contributed by atoms with Gasteiger partial charge in [0.05, 0.1) is 6.26 Å². The molecule has 2 amide bonds. The third-order valence-corrected chi connectivity index (χ3v) is 4.53. The summed E-state index contributed by atoms with van der Waals surface area (Å²) in [5.74, 6) is -0.200. The first-order valence-corrected chi connectivity index (χ1v) is 8.37.